The first kappa shape index (κ1) is 13.9. The van der Waals surface area contributed by atoms with Gasteiger partial charge >= 0.3 is 5.97 Å². The van der Waals surface area contributed by atoms with E-state index in [0.717, 1.165) is 31.2 Å². The van der Waals surface area contributed by atoms with E-state index in [1.165, 1.54) is 12.1 Å². The van der Waals surface area contributed by atoms with E-state index in [0.29, 0.717) is 0 Å². The zero-order valence-electron chi connectivity index (χ0n) is 10.4. The molecule has 1 saturated carbocycles. The SMILES string of the molecule is O=C(CS)OC1(c2ccc(C(=O)[O-])cc2)CCCC1. The van der Waals surface area contributed by atoms with Crippen molar-refractivity contribution >= 4 is 24.6 Å². The third-order valence-corrected chi connectivity index (χ3v) is 3.75. The van der Waals surface area contributed by atoms with Crippen LogP contribution in [0, 0.1) is 0 Å². The summed E-state index contributed by atoms with van der Waals surface area (Å²) in [7, 11) is 0. The molecule has 0 unspecified atom stereocenters. The summed E-state index contributed by atoms with van der Waals surface area (Å²) in [5.74, 6) is -1.52. The van der Waals surface area contributed by atoms with E-state index in [1.54, 1.807) is 12.1 Å². The molecule has 0 amide bonds. The Balaban J connectivity index is 2.28. The molecule has 0 bridgehead atoms. The summed E-state index contributed by atoms with van der Waals surface area (Å²) in [6, 6.07) is 6.36. The molecule has 2 rings (SSSR count). The van der Waals surface area contributed by atoms with E-state index in [4.69, 9.17) is 4.74 Å². The third-order valence-electron chi connectivity index (χ3n) is 3.50. The quantitative estimate of drug-likeness (QED) is 0.666. The smallest absolute Gasteiger partial charge is 0.316 e. The van der Waals surface area contributed by atoms with E-state index in [1.807, 2.05) is 0 Å². The van der Waals surface area contributed by atoms with Crippen LogP contribution in [0.3, 0.4) is 0 Å². The number of hydrogen-bond acceptors (Lipinski definition) is 5. The van der Waals surface area contributed by atoms with Crippen molar-refractivity contribution in [2.75, 3.05) is 5.75 Å². The number of carboxylic acid groups (broad SMARTS) is 1. The third kappa shape index (κ3) is 2.92. The van der Waals surface area contributed by atoms with Crippen molar-refractivity contribution in [3.63, 3.8) is 0 Å². The predicted octanol–water partition coefficient (Wildman–Crippen LogP) is 1.29. The molecule has 0 heterocycles. The average molecular weight is 279 g/mol. The molecule has 102 valence electrons. The van der Waals surface area contributed by atoms with Crippen LogP contribution < -0.4 is 5.11 Å². The number of rotatable bonds is 4. The Morgan fingerprint density at radius 2 is 1.79 bits per heavy atom. The molecule has 0 atom stereocenters. The van der Waals surface area contributed by atoms with E-state index >= 15 is 0 Å². The highest BCUT2D eigenvalue weighted by Crippen LogP contribution is 2.42. The second kappa shape index (κ2) is 5.65. The summed E-state index contributed by atoms with van der Waals surface area (Å²) < 4.78 is 5.56. The summed E-state index contributed by atoms with van der Waals surface area (Å²) in [4.78, 5) is 22.2. The number of carboxylic acids is 1. The molecule has 1 aromatic carbocycles. The molecule has 0 radical (unpaired) electrons. The van der Waals surface area contributed by atoms with Crippen LogP contribution in [0.5, 0.6) is 0 Å². The van der Waals surface area contributed by atoms with Crippen molar-refractivity contribution in [1.82, 2.24) is 0 Å². The van der Waals surface area contributed by atoms with Crippen LogP contribution in [0.15, 0.2) is 24.3 Å². The lowest BCUT2D eigenvalue weighted by atomic mass is 9.91. The van der Waals surface area contributed by atoms with E-state index in [-0.39, 0.29) is 17.3 Å². The minimum absolute atomic E-state index is 0.0406. The lowest BCUT2D eigenvalue weighted by Gasteiger charge is -2.29. The van der Waals surface area contributed by atoms with Gasteiger partial charge in [0.15, 0.2) is 0 Å². The highest BCUT2D eigenvalue weighted by Gasteiger charge is 2.39. The Bertz CT molecular complexity index is 475. The molecule has 5 heteroatoms. The normalized spacial score (nSPS) is 17.1. The van der Waals surface area contributed by atoms with Gasteiger partial charge in [0.05, 0.1) is 11.7 Å². The average Bonchev–Trinajstić information content (AvgIpc) is 2.88. The number of ether oxygens (including phenoxy) is 1. The predicted molar refractivity (Wildman–Crippen MR) is 70.9 cm³/mol. The van der Waals surface area contributed by atoms with Crippen LogP contribution in [0.4, 0.5) is 0 Å². The number of esters is 1. The summed E-state index contributed by atoms with van der Waals surface area (Å²) in [5, 5.41) is 10.7. The molecule has 0 saturated heterocycles. The summed E-state index contributed by atoms with van der Waals surface area (Å²) in [6.45, 7) is 0. The van der Waals surface area contributed by atoms with Gasteiger partial charge in [-0.25, -0.2) is 0 Å². The maximum Gasteiger partial charge on any atom is 0.316 e. The summed E-state index contributed by atoms with van der Waals surface area (Å²) in [6.07, 6.45) is 3.50. The van der Waals surface area contributed by atoms with Crippen molar-refractivity contribution in [1.29, 1.82) is 0 Å². The van der Waals surface area contributed by atoms with Gasteiger partial charge in [-0.2, -0.15) is 12.6 Å². The van der Waals surface area contributed by atoms with Crippen molar-refractivity contribution in [3.8, 4) is 0 Å². The molecular formula is C14H15O4S-. The van der Waals surface area contributed by atoms with Gasteiger partial charge in [0.1, 0.15) is 5.60 Å². The maximum absolute atomic E-state index is 11.5. The molecule has 4 nitrogen and oxygen atoms in total. The van der Waals surface area contributed by atoms with Gasteiger partial charge in [-0.3, -0.25) is 4.79 Å². The number of carbonyl (C=O) groups is 2. The number of aromatic carboxylic acids is 1. The Kier molecular flexibility index (Phi) is 4.14. The standard InChI is InChI=1S/C14H16O4S/c15-12(9-19)18-14(7-1-2-8-14)11-5-3-10(4-6-11)13(16)17/h3-6,19H,1-2,7-9H2,(H,16,17)/p-1. The fraction of sp³-hybridized carbons (Fsp3) is 0.429. The van der Waals surface area contributed by atoms with Crippen molar-refractivity contribution in [3.05, 3.63) is 35.4 Å². The fourth-order valence-electron chi connectivity index (χ4n) is 2.56. The first-order chi connectivity index (χ1) is 9.07. The van der Waals surface area contributed by atoms with Gasteiger partial charge in [0.2, 0.25) is 0 Å². The van der Waals surface area contributed by atoms with Gasteiger partial charge < -0.3 is 14.6 Å². The Labute approximate surface area is 117 Å². The monoisotopic (exact) mass is 279 g/mol. The molecule has 1 aliphatic rings. The Morgan fingerprint density at radius 1 is 1.21 bits per heavy atom. The highest BCUT2D eigenvalue weighted by atomic mass is 32.1. The fourth-order valence-corrected chi connectivity index (χ4v) is 2.62. The molecule has 0 spiro atoms. The molecule has 0 aliphatic heterocycles. The minimum Gasteiger partial charge on any atom is -0.545 e. The van der Waals surface area contributed by atoms with Crippen LogP contribution in [0.25, 0.3) is 0 Å². The molecule has 0 aromatic heterocycles. The van der Waals surface area contributed by atoms with Gasteiger partial charge in [-0.15, -0.1) is 0 Å². The van der Waals surface area contributed by atoms with E-state index in [2.05, 4.69) is 12.6 Å². The molecule has 1 aromatic rings. The minimum atomic E-state index is -1.21. The van der Waals surface area contributed by atoms with E-state index < -0.39 is 11.6 Å². The highest BCUT2D eigenvalue weighted by molar-refractivity contribution is 7.81. The molecule has 1 aliphatic carbocycles. The molecule has 19 heavy (non-hydrogen) atoms. The number of hydrogen-bond donors (Lipinski definition) is 1. The lowest BCUT2D eigenvalue weighted by Crippen LogP contribution is -2.30. The number of thiol groups is 1. The first-order valence-electron chi connectivity index (χ1n) is 6.22. The van der Waals surface area contributed by atoms with Gasteiger partial charge in [-0.05, 0) is 36.8 Å². The van der Waals surface area contributed by atoms with Crippen molar-refractivity contribution in [2.45, 2.75) is 31.3 Å². The first-order valence-corrected chi connectivity index (χ1v) is 6.85. The largest absolute Gasteiger partial charge is 0.545 e. The summed E-state index contributed by atoms with van der Waals surface area (Å²) >= 11 is 3.92. The zero-order valence-corrected chi connectivity index (χ0v) is 11.3. The lowest BCUT2D eigenvalue weighted by molar-refractivity contribution is -0.255. The van der Waals surface area contributed by atoms with Crippen molar-refractivity contribution < 1.29 is 19.4 Å². The van der Waals surface area contributed by atoms with Crippen LogP contribution >= 0.6 is 12.6 Å². The Morgan fingerprint density at radius 3 is 2.26 bits per heavy atom. The summed E-state index contributed by atoms with van der Waals surface area (Å²) in [5.41, 5.74) is 0.340. The van der Waals surface area contributed by atoms with Crippen LogP contribution in [-0.4, -0.2) is 17.7 Å². The molecular weight excluding hydrogens is 264 g/mol. The second-order valence-electron chi connectivity index (χ2n) is 4.70. The number of benzene rings is 1. The zero-order chi connectivity index (χ0) is 13.9. The van der Waals surface area contributed by atoms with Crippen molar-refractivity contribution in [2.24, 2.45) is 0 Å². The van der Waals surface area contributed by atoms with E-state index in [9.17, 15) is 14.7 Å². The van der Waals surface area contributed by atoms with Crippen LogP contribution in [-0.2, 0) is 15.1 Å². The van der Waals surface area contributed by atoms with Gasteiger partial charge in [-0.1, -0.05) is 24.3 Å². The second-order valence-corrected chi connectivity index (χ2v) is 5.01. The maximum atomic E-state index is 11.5. The Hall–Kier alpha value is -1.49. The van der Waals surface area contributed by atoms with Gasteiger partial charge in [0.25, 0.3) is 0 Å². The molecule has 0 N–H and O–H groups in total. The van der Waals surface area contributed by atoms with Gasteiger partial charge in [0, 0.05) is 0 Å². The van der Waals surface area contributed by atoms with Crippen LogP contribution in [0.1, 0.15) is 41.6 Å². The van der Waals surface area contributed by atoms with Crippen LogP contribution in [0.2, 0.25) is 0 Å². The number of carbonyl (C=O) groups excluding carboxylic acids is 2. The molecule has 1 fully saturated rings. The topological polar surface area (TPSA) is 66.4 Å².